The summed E-state index contributed by atoms with van der Waals surface area (Å²) in [6.07, 6.45) is 3.08. The van der Waals surface area contributed by atoms with Crippen LogP contribution < -0.4 is 0 Å². The molecule has 3 heterocycles. The lowest BCUT2D eigenvalue weighted by Crippen LogP contribution is -2.28. The summed E-state index contributed by atoms with van der Waals surface area (Å²) >= 11 is 0. The molecule has 2 aliphatic rings. The lowest BCUT2D eigenvalue weighted by Gasteiger charge is -2.27. The predicted molar refractivity (Wildman–Crippen MR) is 100 cm³/mol. The van der Waals surface area contributed by atoms with Crippen LogP contribution in [0.1, 0.15) is 11.4 Å². The third kappa shape index (κ3) is 2.84. The van der Waals surface area contributed by atoms with E-state index < -0.39 is 0 Å². The SMILES string of the molecule is Fc1ccc(CN2C[C@@H]3Cn4c(-c5ccccc5)cnc4C[C@H]3C2)cc1. The fraction of sp³-hybridized carbons (Fsp3) is 0.318. The van der Waals surface area contributed by atoms with Gasteiger partial charge < -0.3 is 4.57 Å². The Labute approximate surface area is 153 Å². The van der Waals surface area contributed by atoms with Gasteiger partial charge in [0.05, 0.1) is 11.9 Å². The minimum atomic E-state index is -0.164. The molecule has 26 heavy (non-hydrogen) atoms. The standard InChI is InChI=1S/C22H22FN3/c23-20-8-6-16(7-9-20)12-25-13-18-10-22-24-11-21(17-4-2-1-3-5-17)26(22)15-19(18)14-25/h1-9,11,18-19H,10,12-15H2/t18-,19+/m0/s1. The van der Waals surface area contributed by atoms with Gasteiger partial charge in [0.25, 0.3) is 0 Å². The molecular formula is C22H22FN3. The van der Waals surface area contributed by atoms with Gasteiger partial charge in [0, 0.05) is 32.6 Å². The molecule has 132 valence electrons. The molecule has 1 fully saturated rings. The molecular weight excluding hydrogens is 325 g/mol. The van der Waals surface area contributed by atoms with Gasteiger partial charge in [0.15, 0.2) is 0 Å². The second kappa shape index (κ2) is 6.36. The van der Waals surface area contributed by atoms with Crippen LogP contribution in [-0.4, -0.2) is 27.5 Å². The van der Waals surface area contributed by atoms with Gasteiger partial charge in [-0.25, -0.2) is 9.37 Å². The average Bonchev–Trinajstić information content (AvgIpc) is 3.25. The number of rotatable bonds is 3. The van der Waals surface area contributed by atoms with Gasteiger partial charge in [0.2, 0.25) is 0 Å². The van der Waals surface area contributed by atoms with Crippen molar-refractivity contribution >= 4 is 0 Å². The number of imidazole rings is 1. The first-order chi connectivity index (χ1) is 12.8. The minimum Gasteiger partial charge on any atom is -0.328 e. The van der Waals surface area contributed by atoms with E-state index >= 15 is 0 Å². The number of hydrogen-bond acceptors (Lipinski definition) is 2. The van der Waals surface area contributed by atoms with E-state index in [0.29, 0.717) is 11.8 Å². The Morgan fingerprint density at radius 1 is 0.923 bits per heavy atom. The largest absolute Gasteiger partial charge is 0.328 e. The fourth-order valence-electron chi connectivity index (χ4n) is 4.54. The summed E-state index contributed by atoms with van der Waals surface area (Å²) in [7, 11) is 0. The number of nitrogens with zero attached hydrogens (tertiary/aromatic N) is 3. The summed E-state index contributed by atoms with van der Waals surface area (Å²) in [6, 6.07) is 17.4. The number of fused-ring (bicyclic) bond motifs is 2. The van der Waals surface area contributed by atoms with Crippen LogP contribution in [0.4, 0.5) is 4.39 Å². The van der Waals surface area contributed by atoms with Crippen molar-refractivity contribution in [2.45, 2.75) is 19.5 Å². The van der Waals surface area contributed by atoms with Gasteiger partial charge in [-0.05, 0) is 35.1 Å². The molecule has 0 saturated carbocycles. The molecule has 2 atom stereocenters. The molecule has 3 aromatic rings. The summed E-state index contributed by atoms with van der Waals surface area (Å²) in [5.41, 5.74) is 3.66. The van der Waals surface area contributed by atoms with Crippen molar-refractivity contribution in [2.75, 3.05) is 13.1 Å². The highest BCUT2D eigenvalue weighted by molar-refractivity contribution is 5.59. The van der Waals surface area contributed by atoms with Crippen molar-refractivity contribution in [3.8, 4) is 11.3 Å². The van der Waals surface area contributed by atoms with Gasteiger partial charge in [-0.15, -0.1) is 0 Å². The number of hydrogen-bond donors (Lipinski definition) is 0. The van der Waals surface area contributed by atoms with Gasteiger partial charge in [-0.1, -0.05) is 42.5 Å². The molecule has 0 aliphatic carbocycles. The molecule has 2 aliphatic heterocycles. The van der Waals surface area contributed by atoms with Gasteiger partial charge in [-0.3, -0.25) is 4.90 Å². The average molecular weight is 347 g/mol. The van der Waals surface area contributed by atoms with Crippen molar-refractivity contribution in [1.29, 1.82) is 0 Å². The normalized spacial score (nSPS) is 22.2. The van der Waals surface area contributed by atoms with Crippen LogP contribution in [0.2, 0.25) is 0 Å². The fourth-order valence-corrected chi connectivity index (χ4v) is 4.54. The van der Waals surface area contributed by atoms with Crippen molar-refractivity contribution in [1.82, 2.24) is 14.5 Å². The summed E-state index contributed by atoms with van der Waals surface area (Å²) in [5, 5.41) is 0. The topological polar surface area (TPSA) is 21.1 Å². The molecule has 2 aromatic carbocycles. The first-order valence-corrected chi connectivity index (χ1v) is 9.33. The molecule has 3 nitrogen and oxygen atoms in total. The monoisotopic (exact) mass is 347 g/mol. The minimum absolute atomic E-state index is 0.164. The zero-order valence-electron chi connectivity index (χ0n) is 14.7. The lowest BCUT2D eigenvalue weighted by atomic mass is 9.89. The molecule has 4 heteroatoms. The Morgan fingerprint density at radius 3 is 2.50 bits per heavy atom. The van der Waals surface area contributed by atoms with Crippen LogP contribution in [0.15, 0.2) is 60.8 Å². The summed E-state index contributed by atoms with van der Waals surface area (Å²) in [6.45, 7) is 4.16. The van der Waals surface area contributed by atoms with Crippen LogP contribution in [0, 0.1) is 17.7 Å². The third-order valence-corrected chi connectivity index (χ3v) is 5.84. The number of halogens is 1. The molecule has 0 unspecified atom stereocenters. The highest BCUT2D eigenvalue weighted by Gasteiger charge is 2.37. The smallest absolute Gasteiger partial charge is 0.123 e. The highest BCUT2D eigenvalue weighted by Crippen LogP contribution is 2.35. The summed E-state index contributed by atoms with van der Waals surface area (Å²) in [4.78, 5) is 7.23. The van der Waals surface area contributed by atoms with Gasteiger partial charge >= 0.3 is 0 Å². The quantitative estimate of drug-likeness (QED) is 0.714. The van der Waals surface area contributed by atoms with Crippen LogP contribution in [0.3, 0.4) is 0 Å². The predicted octanol–water partition coefficient (Wildman–Crippen LogP) is 3.99. The van der Waals surface area contributed by atoms with E-state index in [1.807, 2.05) is 18.3 Å². The molecule has 0 spiro atoms. The maximum absolute atomic E-state index is 13.1. The third-order valence-electron chi connectivity index (χ3n) is 5.84. The highest BCUT2D eigenvalue weighted by atomic mass is 19.1. The van der Waals surface area contributed by atoms with E-state index in [9.17, 15) is 4.39 Å². The van der Waals surface area contributed by atoms with Crippen LogP contribution in [0.25, 0.3) is 11.3 Å². The van der Waals surface area contributed by atoms with E-state index in [-0.39, 0.29) is 5.82 Å². The molecule has 0 radical (unpaired) electrons. The maximum atomic E-state index is 13.1. The molecule has 1 saturated heterocycles. The maximum Gasteiger partial charge on any atom is 0.123 e. The van der Waals surface area contributed by atoms with Crippen molar-refractivity contribution < 1.29 is 4.39 Å². The van der Waals surface area contributed by atoms with Crippen LogP contribution in [-0.2, 0) is 19.5 Å². The zero-order valence-corrected chi connectivity index (χ0v) is 14.7. The van der Waals surface area contributed by atoms with Gasteiger partial charge in [-0.2, -0.15) is 0 Å². The van der Waals surface area contributed by atoms with Gasteiger partial charge in [0.1, 0.15) is 11.6 Å². The van der Waals surface area contributed by atoms with Crippen LogP contribution >= 0.6 is 0 Å². The Balaban J connectivity index is 1.33. The summed E-state index contributed by atoms with van der Waals surface area (Å²) in [5.74, 6) is 2.39. The molecule has 0 amide bonds. The molecule has 5 rings (SSSR count). The Kier molecular flexibility index (Phi) is 3.86. The first-order valence-electron chi connectivity index (χ1n) is 9.33. The Hall–Kier alpha value is -2.46. The molecule has 0 bridgehead atoms. The first kappa shape index (κ1) is 15.8. The number of benzene rings is 2. The second-order valence-electron chi connectivity index (χ2n) is 7.58. The van der Waals surface area contributed by atoms with E-state index in [2.05, 4.69) is 39.8 Å². The van der Waals surface area contributed by atoms with Crippen LogP contribution in [0.5, 0.6) is 0 Å². The van der Waals surface area contributed by atoms with E-state index in [4.69, 9.17) is 4.98 Å². The molecule has 0 N–H and O–H groups in total. The Morgan fingerprint density at radius 2 is 1.69 bits per heavy atom. The number of likely N-dealkylation sites (tertiary alicyclic amines) is 1. The van der Waals surface area contributed by atoms with Crippen molar-refractivity contribution in [2.24, 2.45) is 11.8 Å². The second-order valence-corrected chi connectivity index (χ2v) is 7.58. The molecule has 1 aromatic heterocycles. The number of aromatic nitrogens is 2. The zero-order chi connectivity index (χ0) is 17.5. The summed E-state index contributed by atoms with van der Waals surface area (Å²) < 4.78 is 15.5. The lowest BCUT2D eigenvalue weighted by molar-refractivity contribution is 0.307. The van der Waals surface area contributed by atoms with E-state index in [1.165, 1.54) is 22.6 Å². The van der Waals surface area contributed by atoms with Crippen molar-refractivity contribution in [3.05, 3.63) is 78.0 Å². The van der Waals surface area contributed by atoms with E-state index in [0.717, 1.165) is 32.6 Å². The Bertz CT molecular complexity index is 901. The van der Waals surface area contributed by atoms with E-state index in [1.54, 1.807) is 12.1 Å². The van der Waals surface area contributed by atoms with Crippen molar-refractivity contribution in [3.63, 3.8) is 0 Å².